The van der Waals surface area contributed by atoms with Gasteiger partial charge in [-0.2, -0.15) is 0 Å². The van der Waals surface area contributed by atoms with Crippen molar-refractivity contribution in [2.24, 2.45) is 5.92 Å². The van der Waals surface area contributed by atoms with Gasteiger partial charge in [0.05, 0.1) is 18.1 Å². The first-order valence-corrected chi connectivity index (χ1v) is 7.89. The molecule has 2 amide bonds. The van der Waals surface area contributed by atoms with Crippen LogP contribution in [0.3, 0.4) is 0 Å². The molecule has 4 atom stereocenters. The lowest BCUT2D eigenvalue weighted by Gasteiger charge is -2.33. The van der Waals surface area contributed by atoms with Crippen LogP contribution in [0.15, 0.2) is 0 Å². The van der Waals surface area contributed by atoms with Crippen molar-refractivity contribution in [1.29, 1.82) is 0 Å². The zero-order valence-corrected chi connectivity index (χ0v) is 12.9. The lowest BCUT2D eigenvalue weighted by molar-refractivity contribution is -0.141. The summed E-state index contributed by atoms with van der Waals surface area (Å²) in [5.74, 6) is -1.07. The maximum absolute atomic E-state index is 12.2. The Labute approximate surface area is 125 Å². The summed E-state index contributed by atoms with van der Waals surface area (Å²) in [6.45, 7) is 5.06. The number of nitrogens with zero attached hydrogens (tertiary/aromatic N) is 1. The van der Waals surface area contributed by atoms with Crippen LogP contribution in [0.2, 0.25) is 0 Å². The van der Waals surface area contributed by atoms with E-state index in [2.05, 4.69) is 5.32 Å². The van der Waals surface area contributed by atoms with Gasteiger partial charge in [0.1, 0.15) is 0 Å². The Bertz CT molecular complexity index is 376. The van der Waals surface area contributed by atoms with E-state index >= 15 is 0 Å². The van der Waals surface area contributed by atoms with Crippen LogP contribution < -0.4 is 5.32 Å². The molecule has 2 aliphatic rings. The summed E-state index contributed by atoms with van der Waals surface area (Å²) >= 11 is 0. The molecule has 4 unspecified atom stereocenters. The number of fused-ring (bicyclic) bond motifs is 2. The fraction of sp³-hybridized carbons (Fsp3) is 0.867. The first-order chi connectivity index (χ1) is 9.95. The molecular formula is C15H26N2O4. The Morgan fingerprint density at radius 3 is 2.43 bits per heavy atom. The number of morpholine rings is 1. The van der Waals surface area contributed by atoms with Crippen LogP contribution in [-0.4, -0.2) is 53.3 Å². The number of carbonyl (C=O) groups excluding carboxylic acids is 1. The number of hydrogen-bond donors (Lipinski definition) is 2. The number of likely N-dealkylation sites (tertiary alicyclic amines) is 1. The zero-order chi connectivity index (χ0) is 15.4. The number of rotatable bonds is 6. The SMILES string of the molecule is CC(CCCC(C)C(=O)O)NC(=O)N1CC2CCC(C1)O2. The van der Waals surface area contributed by atoms with Gasteiger partial charge in [-0.05, 0) is 32.6 Å². The Morgan fingerprint density at radius 1 is 1.24 bits per heavy atom. The van der Waals surface area contributed by atoms with Crippen molar-refractivity contribution in [3.8, 4) is 0 Å². The summed E-state index contributed by atoms with van der Waals surface area (Å²) in [6.07, 6.45) is 4.79. The van der Waals surface area contributed by atoms with E-state index in [0.29, 0.717) is 19.5 Å². The summed E-state index contributed by atoms with van der Waals surface area (Å²) < 4.78 is 5.72. The van der Waals surface area contributed by atoms with Crippen molar-refractivity contribution in [3.05, 3.63) is 0 Å². The number of nitrogens with one attached hydrogen (secondary N) is 1. The third-order valence-corrected chi connectivity index (χ3v) is 4.40. The van der Waals surface area contributed by atoms with Gasteiger partial charge in [0.2, 0.25) is 0 Å². The highest BCUT2D eigenvalue weighted by atomic mass is 16.5. The maximum Gasteiger partial charge on any atom is 0.317 e. The number of ether oxygens (including phenoxy) is 1. The quantitative estimate of drug-likeness (QED) is 0.784. The normalized spacial score (nSPS) is 27.2. The highest BCUT2D eigenvalue weighted by Gasteiger charge is 2.35. The van der Waals surface area contributed by atoms with Crippen molar-refractivity contribution in [1.82, 2.24) is 10.2 Å². The molecule has 6 heteroatoms. The van der Waals surface area contributed by atoms with Crippen molar-refractivity contribution >= 4 is 12.0 Å². The zero-order valence-electron chi connectivity index (χ0n) is 12.9. The van der Waals surface area contributed by atoms with Crippen LogP contribution in [0, 0.1) is 5.92 Å². The minimum absolute atomic E-state index is 0.0195. The van der Waals surface area contributed by atoms with Crippen LogP contribution in [-0.2, 0) is 9.53 Å². The van der Waals surface area contributed by atoms with Crippen LogP contribution >= 0.6 is 0 Å². The van der Waals surface area contributed by atoms with Gasteiger partial charge in [-0.15, -0.1) is 0 Å². The number of urea groups is 1. The fourth-order valence-corrected chi connectivity index (χ4v) is 3.01. The molecule has 2 aliphatic heterocycles. The fourth-order valence-electron chi connectivity index (χ4n) is 3.01. The van der Waals surface area contributed by atoms with Crippen LogP contribution in [0.5, 0.6) is 0 Å². The van der Waals surface area contributed by atoms with Crippen molar-refractivity contribution in [2.45, 2.75) is 64.2 Å². The molecule has 0 aromatic carbocycles. The standard InChI is InChI=1S/C15H26N2O4/c1-10(14(18)19)4-3-5-11(2)16-15(20)17-8-12-6-7-13(9-17)21-12/h10-13H,3-9H2,1-2H3,(H,16,20)(H,18,19). The minimum Gasteiger partial charge on any atom is -0.481 e. The highest BCUT2D eigenvalue weighted by molar-refractivity contribution is 5.74. The van der Waals surface area contributed by atoms with E-state index in [1.807, 2.05) is 11.8 Å². The molecule has 2 N–H and O–H groups in total. The van der Waals surface area contributed by atoms with Crippen LogP contribution in [0.1, 0.15) is 46.0 Å². The second kappa shape index (κ2) is 7.11. The smallest absolute Gasteiger partial charge is 0.317 e. The maximum atomic E-state index is 12.2. The molecule has 0 radical (unpaired) electrons. The molecule has 2 rings (SSSR count). The topological polar surface area (TPSA) is 78.9 Å². The number of aliphatic carboxylic acids is 1. The molecule has 2 heterocycles. The first-order valence-electron chi connectivity index (χ1n) is 7.89. The molecule has 120 valence electrons. The summed E-state index contributed by atoms with van der Waals surface area (Å²) in [6, 6.07) is 0.0491. The molecule has 2 saturated heterocycles. The second-order valence-corrected chi connectivity index (χ2v) is 6.38. The largest absolute Gasteiger partial charge is 0.481 e. The molecule has 21 heavy (non-hydrogen) atoms. The molecule has 2 fully saturated rings. The van der Waals surface area contributed by atoms with Crippen molar-refractivity contribution in [3.63, 3.8) is 0 Å². The number of carbonyl (C=O) groups is 2. The Balaban J connectivity index is 1.66. The Kier molecular flexibility index (Phi) is 5.45. The van der Waals surface area contributed by atoms with Gasteiger partial charge in [0, 0.05) is 19.1 Å². The van der Waals surface area contributed by atoms with Gasteiger partial charge in [-0.3, -0.25) is 4.79 Å². The lowest BCUT2D eigenvalue weighted by Crippen LogP contribution is -2.51. The average molecular weight is 298 g/mol. The van der Waals surface area contributed by atoms with E-state index in [9.17, 15) is 9.59 Å². The van der Waals surface area contributed by atoms with Crippen LogP contribution in [0.4, 0.5) is 4.79 Å². The van der Waals surface area contributed by atoms with E-state index in [1.165, 1.54) is 0 Å². The molecule has 0 aromatic rings. The molecule has 6 nitrogen and oxygen atoms in total. The van der Waals surface area contributed by atoms with E-state index in [1.54, 1.807) is 6.92 Å². The van der Waals surface area contributed by atoms with E-state index in [4.69, 9.17) is 9.84 Å². The monoisotopic (exact) mass is 298 g/mol. The van der Waals surface area contributed by atoms with Gasteiger partial charge in [-0.25, -0.2) is 4.79 Å². The van der Waals surface area contributed by atoms with Crippen molar-refractivity contribution < 1.29 is 19.4 Å². The molecule has 0 aliphatic carbocycles. The molecule has 0 spiro atoms. The van der Waals surface area contributed by atoms with Gasteiger partial charge < -0.3 is 20.1 Å². The second-order valence-electron chi connectivity index (χ2n) is 6.38. The third kappa shape index (κ3) is 4.59. The predicted molar refractivity (Wildman–Crippen MR) is 78.1 cm³/mol. The predicted octanol–water partition coefficient (Wildman–Crippen LogP) is 1.84. The molecule has 0 aromatic heterocycles. The van der Waals surface area contributed by atoms with Gasteiger partial charge in [0.15, 0.2) is 0 Å². The summed E-state index contributed by atoms with van der Waals surface area (Å²) in [4.78, 5) is 24.8. The minimum atomic E-state index is -0.754. The highest BCUT2D eigenvalue weighted by Crippen LogP contribution is 2.26. The number of amides is 2. The van der Waals surface area contributed by atoms with E-state index in [-0.39, 0.29) is 30.2 Å². The van der Waals surface area contributed by atoms with E-state index < -0.39 is 5.97 Å². The van der Waals surface area contributed by atoms with Gasteiger partial charge >= 0.3 is 12.0 Å². The lowest BCUT2D eigenvalue weighted by atomic mass is 10.0. The van der Waals surface area contributed by atoms with Gasteiger partial charge in [-0.1, -0.05) is 13.3 Å². The average Bonchev–Trinajstić information content (AvgIpc) is 2.76. The molecular weight excluding hydrogens is 272 g/mol. The van der Waals surface area contributed by atoms with Gasteiger partial charge in [0.25, 0.3) is 0 Å². The van der Waals surface area contributed by atoms with E-state index in [0.717, 1.165) is 25.7 Å². The first kappa shape index (κ1) is 16.1. The van der Waals surface area contributed by atoms with Crippen LogP contribution in [0.25, 0.3) is 0 Å². The number of carboxylic acids is 1. The Hall–Kier alpha value is -1.30. The third-order valence-electron chi connectivity index (χ3n) is 4.40. The van der Waals surface area contributed by atoms with Crippen molar-refractivity contribution in [2.75, 3.05) is 13.1 Å². The molecule has 2 bridgehead atoms. The number of carboxylic acid groups (broad SMARTS) is 1. The summed E-state index contributed by atoms with van der Waals surface area (Å²) in [7, 11) is 0. The Morgan fingerprint density at radius 2 is 1.86 bits per heavy atom. The molecule has 0 saturated carbocycles. The number of hydrogen-bond acceptors (Lipinski definition) is 3. The summed E-state index contributed by atoms with van der Waals surface area (Å²) in [5.41, 5.74) is 0. The summed E-state index contributed by atoms with van der Waals surface area (Å²) in [5, 5.41) is 11.8.